The van der Waals surface area contributed by atoms with Crippen LogP contribution in [-0.4, -0.2) is 4.98 Å². The van der Waals surface area contributed by atoms with Crippen LogP contribution in [-0.2, 0) is 0 Å². The van der Waals surface area contributed by atoms with E-state index in [0.717, 1.165) is 6.08 Å². The summed E-state index contributed by atoms with van der Waals surface area (Å²) in [5.41, 5.74) is 6.30. The zero-order valence-electron chi connectivity index (χ0n) is 8.74. The average molecular weight is 212 g/mol. The minimum absolute atomic E-state index is 0.0537. The molecule has 1 rings (SSSR count). The number of nitrogens with zero attached hydrogens (tertiary/aromatic N) is 1. The number of pyridine rings is 1. The van der Waals surface area contributed by atoms with Gasteiger partial charge in [0.2, 0.25) is 0 Å². The van der Waals surface area contributed by atoms with Crippen molar-refractivity contribution in [3.05, 3.63) is 36.0 Å². The molecule has 82 valence electrons. The lowest BCUT2D eigenvalue weighted by molar-refractivity contribution is 0.407. The summed E-state index contributed by atoms with van der Waals surface area (Å²) in [6.07, 6.45) is 0.793. The van der Waals surface area contributed by atoms with Gasteiger partial charge in [-0.1, -0.05) is 19.9 Å². The number of rotatable bonds is 3. The average Bonchev–Trinajstić information content (AvgIpc) is 2.15. The lowest BCUT2D eigenvalue weighted by atomic mass is 9.89. The molecule has 1 aromatic rings. The number of hydrogen-bond donors (Lipinski definition) is 1. The maximum Gasteiger partial charge on any atom is 0.266 e. The fraction of sp³-hybridized carbons (Fsp3) is 0.364. The molecule has 2 N–H and O–H groups in total. The van der Waals surface area contributed by atoms with E-state index in [1.165, 1.54) is 0 Å². The van der Waals surface area contributed by atoms with Crippen LogP contribution in [0.4, 0.5) is 14.6 Å². The lowest BCUT2D eigenvalue weighted by Gasteiger charge is -2.17. The molecule has 0 spiro atoms. The maximum absolute atomic E-state index is 12.3. The van der Waals surface area contributed by atoms with E-state index in [-0.39, 0.29) is 11.8 Å². The van der Waals surface area contributed by atoms with E-state index in [1.807, 2.05) is 13.8 Å². The van der Waals surface area contributed by atoms with E-state index >= 15 is 0 Å². The predicted molar refractivity (Wildman–Crippen MR) is 56.5 cm³/mol. The van der Waals surface area contributed by atoms with Crippen LogP contribution >= 0.6 is 0 Å². The molecule has 1 aromatic heterocycles. The minimum Gasteiger partial charge on any atom is -0.383 e. The summed E-state index contributed by atoms with van der Waals surface area (Å²) in [4.78, 5) is 3.89. The Morgan fingerprint density at radius 3 is 2.60 bits per heavy atom. The first kappa shape index (κ1) is 11.6. The van der Waals surface area contributed by atoms with Crippen LogP contribution in [0.15, 0.2) is 30.5 Å². The van der Waals surface area contributed by atoms with Crippen LogP contribution in [0.25, 0.3) is 0 Å². The van der Waals surface area contributed by atoms with Crippen molar-refractivity contribution < 1.29 is 8.78 Å². The first-order valence-corrected chi connectivity index (χ1v) is 4.75. The molecule has 15 heavy (non-hydrogen) atoms. The molecule has 0 aliphatic carbocycles. The smallest absolute Gasteiger partial charge is 0.266 e. The van der Waals surface area contributed by atoms with Gasteiger partial charge < -0.3 is 5.73 Å². The van der Waals surface area contributed by atoms with Gasteiger partial charge in [0, 0.05) is 17.7 Å². The SMILES string of the molecule is CC(C)C(C=C(F)F)c1cccnc1N. The number of nitrogen functional groups attached to an aromatic ring is 1. The molecule has 4 heteroatoms. The molecule has 0 aromatic carbocycles. The Balaban J connectivity index is 3.10. The van der Waals surface area contributed by atoms with Crippen molar-refractivity contribution in [2.24, 2.45) is 5.92 Å². The number of hydrogen-bond acceptors (Lipinski definition) is 2. The third-order valence-corrected chi connectivity index (χ3v) is 2.25. The van der Waals surface area contributed by atoms with Crippen molar-refractivity contribution in [3.8, 4) is 0 Å². The van der Waals surface area contributed by atoms with E-state index in [1.54, 1.807) is 18.3 Å². The monoisotopic (exact) mass is 212 g/mol. The number of anilines is 1. The summed E-state index contributed by atoms with van der Waals surface area (Å²) in [7, 11) is 0. The highest BCUT2D eigenvalue weighted by molar-refractivity contribution is 5.43. The first-order chi connectivity index (χ1) is 7.02. The zero-order chi connectivity index (χ0) is 11.4. The molecule has 0 fully saturated rings. The summed E-state index contributed by atoms with van der Waals surface area (Å²) in [6, 6.07) is 3.43. The molecular formula is C11H14F2N2. The van der Waals surface area contributed by atoms with Crippen LogP contribution in [0.5, 0.6) is 0 Å². The van der Waals surface area contributed by atoms with Crippen molar-refractivity contribution in [1.82, 2.24) is 4.98 Å². The number of allylic oxidation sites excluding steroid dienone is 1. The third kappa shape index (κ3) is 3.01. The van der Waals surface area contributed by atoms with E-state index in [2.05, 4.69) is 4.98 Å². The van der Waals surface area contributed by atoms with Gasteiger partial charge in [-0.15, -0.1) is 0 Å². The second kappa shape index (κ2) is 4.87. The molecular weight excluding hydrogens is 198 g/mol. The predicted octanol–water partition coefficient (Wildman–Crippen LogP) is 3.18. The molecule has 0 radical (unpaired) electrons. The highest BCUT2D eigenvalue weighted by atomic mass is 19.3. The van der Waals surface area contributed by atoms with Gasteiger partial charge in [0.15, 0.2) is 0 Å². The Kier molecular flexibility index (Phi) is 3.77. The van der Waals surface area contributed by atoms with Crippen molar-refractivity contribution in [2.75, 3.05) is 5.73 Å². The Morgan fingerprint density at radius 1 is 1.47 bits per heavy atom. The zero-order valence-corrected chi connectivity index (χ0v) is 8.74. The Labute approximate surface area is 87.8 Å². The van der Waals surface area contributed by atoms with Crippen molar-refractivity contribution in [3.63, 3.8) is 0 Å². The van der Waals surface area contributed by atoms with Gasteiger partial charge in [-0.2, -0.15) is 8.78 Å². The molecule has 1 unspecified atom stereocenters. The standard InChI is InChI=1S/C11H14F2N2/c1-7(2)9(6-10(12)13)8-4-3-5-15-11(8)14/h3-7,9H,1-2H3,(H2,14,15). The summed E-state index contributed by atoms with van der Waals surface area (Å²) in [5.74, 6) is -0.0181. The maximum atomic E-state index is 12.3. The number of halogens is 2. The Hall–Kier alpha value is -1.45. The highest BCUT2D eigenvalue weighted by Crippen LogP contribution is 2.30. The van der Waals surface area contributed by atoms with Crippen LogP contribution in [0.1, 0.15) is 25.3 Å². The lowest BCUT2D eigenvalue weighted by Crippen LogP contribution is -2.08. The van der Waals surface area contributed by atoms with Crippen molar-refractivity contribution in [1.29, 1.82) is 0 Å². The summed E-state index contributed by atoms with van der Waals surface area (Å²) in [6.45, 7) is 3.74. The molecule has 0 saturated heterocycles. The van der Waals surface area contributed by atoms with Crippen LogP contribution in [0, 0.1) is 5.92 Å². The molecule has 1 atom stereocenters. The van der Waals surface area contributed by atoms with Crippen molar-refractivity contribution in [2.45, 2.75) is 19.8 Å². The van der Waals surface area contributed by atoms with Gasteiger partial charge in [0.25, 0.3) is 6.08 Å². The van der Waals surface area contributed by atoms with Gasteiger partial charge in [-0.25, -0.2) is 4.98 Å². The highest BCUT2D eigenvalue weighted by Gasteiger charge is 2.17. The van der Waals surface area contributed by atoms with Crippen LogP contribution in [0.2, 0.25) is 0 Å². The Bertz CT molecular complexity index is 357. The topological polar surface area (TPSA) is 38.9 Å². The van der Waals surface area contributed by atoms with E-state index < -0.39 is 6.08 Å². The Morgan fingerprint density at radius 2 is 2.13 bits per heavy atom. The second-order valence-corrected chi connectivity index (χ2v) is 3.70. The van der Waals surface area contributed by atoms with Crippen LogP contribution in [0.3, 0.4) is 0 Å². The molecule has 0 aliphatic heterocycles. The minimum atomic E-state index is -1.68. The quantitative estimate of drug-likeness (QED) is 0.835. The number of nitrogens with two attached hydrogens (primary N) is 1. The number of aromatic nitrogens is 1. The molecule has 2 nitrogen and oxygen atoms in total. The summed E-state index contributed by atoms with van der Waals surface area (Å²) in [5, 5.41) is 0. The molecule has 0 aliphatic rings. The van der Waals surface area contributed by atoms with E-state index in [0.29, 0.717) is 11.4 Å². The van der Waals surface area contributed by atoms with Gasteiger partial charge in [0.1, 0.15) is 5.82 Å². The van der Waals surface area contributed by atoms with Gasteiger partial charge in [0.05, 0.1) is 0 Å². The molecule has 1 heterocycles. The van der Waals surface area contributed by atoms with E-state index in [9.17, 15) is 8.78 Å². The first-order valence-electron chi connectivity index (χ1n) is 4.75. The third-order valence-electron chi connectivity index (χ3n) is 2.25. The largest absolute Gasteiger partial charge is 0.383 e. The summed E-state index contributed by atoms with van der Waals surface area (Å²) >= 11 is 0. The molecule has 0 bridgehead atoms. The van der Waals surface area contributed by atoms with Crippen molar-refractivity contribution >= 4 is 5.82 Å². The fourth-order valence-electron chi connectivity index (χ4n) is 1.49. The summed E-state index contributed by atoms with van der Waals surface area (Å²) < 4.78 is 24.5. The van der Waals surface area contributed by atoms with Crippen LogP contribution < -0.4 is 5.73 Å². The molecule has 0 saturated carbocycles. The molecule has 0 amide bonds. The van der Waals surface area contributed by atoms with Gasteiger partial charge in [-0.05, 0) is 18.1 Å². The normalized spacial score (nSPS) is 12.6. The fourth-order valence-corrected chi connectivity index (χ4v) is 1.49. The second-order valence-electron chi connectivity index (χ2n) is 3.70. The van der Waals surface area contributed by atoms with Gasteiger partial charge >= 0.3 is 0 Å². The van der Waals surface area contributed by atoms with E-state index in [4.69, 9.17) is 5.73 Å². The van der Waals surface area contributed by atoms with Gasteiger partial charge in [-0.3, -0.25) is 0 Å².